The number of aliphatic hydroxyl groups excluding tert-OH is 1. The van der Waals surface area contributed by atoms with E-state index in [9.17, 15) is 9.90 Å². The van der Waals surface area contributed by atoms with Crippen molar-refractivity contribution in [1.82, 2.24) is 4.90 Å². The molecule has 1 heterocycles. The lowest BCUT2D eigenvalue weighted by molar-refractivity contribution is -0.119. The Balaban J connectivity index is 1.95. The van der Waals surface area contributed by atoms with Gasteiger partial charge in [0.1, 0.15) is 6.29 Å². The van der Waals surface area contributed by atoms with E-state index in [2.05, 4.69) is 4.90 Å². The molecule has 0 aromatic rings. The van der Waals surface area contributed by atoms with Gasteiger partial charge in [-0.2, -0.15) is 0 Å². The molecule has 0 aromatic carbocycles. The predicted octanol–water partition coefficient (Wildman–Crippen LogP) is 2.37. The molecule has 0 aromatic heterocycles. The van der Waals surface area contributed by atoms with Crippen LogP contribution in [0.1, 0.15) is 58.3 Å². The van der Waals surface area contributed by atoms with Crippen molar-refractivity contribution in [2.24, 2.45) is 5.41 Å². The quantitative estimate of drug-likeness (QED) is 0.765. The van der Waals surface area contributed by atoms with Crippen molar-refractivity contribution in [3.05, 3.63) is 0 Å². The number of nitrogens with zero attached hydrogens (tertiary/aromatic N) is 1. The van der Waals surface area contributed by atoms with Crippen LogP contribution in [0.5, 0.6) is 0 Å². The molecule has 3 nitrogen and oxygen atoms in total. The van der Waals surface area contributed by atoms with Gasteiger partial charge in [-0.1, -0.05) is 19.3 Å². The van der Waals surface area contributed by atoms with E-state index in [1.807, 2.05) is 6.92 Å². The monoisotopic (exact) mass is 253 g/mol. The number of aliphatic hydroxyl groups is 1. The second-order valence-corrected chi connectivity index (χ2v) is 6.39. The molecule has 104 valence electrons. The largest absolute Gasteiger partial charge is 0.393 e. The number of hydrogen-bond donors (Lipinski definition) is 1. The van der Waals surface area contributed by atoms with Crippen LogP contribution in [0.2, 0.25) is 0 Å². The maximum atomic E-state index is 11.5. The van der Waals surface area contributed by atoms with Crippen LogP contribution in [0, 0.1) is 5.41 Å². The summed E-state index contributed by atoms with van der Waals surface area (Å²) < 4.78 is 0. The first-order chi connectivity index (χ1) is 8.65. The molecule has 0 radical (unpaired) electrons. The average molecular weight is 253 g/mol. The molecule has 2 fully saturated rings. The number of hydrogen-bond acceptors (Lipinski definition) is 3. The predicted molar refractivity (Wildman–Crippen MR) is 72.5 cm³/mol. The summed E-state index contributed by atoms with van der Waals surface area (Å²) in [5, 5.41) is 9.56. The topological polar surface area (TPSA) is 40.5 Å². The zero-order valence-electron chi connectivity index (χ0n) is 11.6. The molecular weight excluding hydrogens is 226 g/mol. The average Bonchev–Trinajstić information content (AvgIpc) is 2.77. The minimum Gasteiger partial charge on any atom is -0.393 e. The van der Waals surface area contributed by atoms with Gasteiger partial charge in [-0.25, -0.2) is 0 Å². The number of carbonyl (C=O) groups is 1. The zero-order valence-corrected chi connectivity index (χ0v) is 11.6. The molecule has 0 bridgehead atoms. The van der Waals surface area contributed by atoms with Crippen LogP contribution >= 0.6 is 0 Å². The van der Waals surface area contributed by atoms with Gasteiger partial charge in [0.05, 0.1) is 6.10 Å². The maximum absolute atomic E-state index is 11.5. The maximum Gasteiger partial charge on any atom is 0.127 e. The van der Waals surface area contributed by atoms with Gasteiger partial charge in [-0.15, -0.1) is 0 Å². The highest BCUT2D eigenvalue weighted by Crippen LogP contribution is 2.37. The molecule has 0 spiro atoms. The fraction of sp³-hybridized carbons (Fsp3) is 0.933. The van der Waals surface area contributed by atoms with E-state index in [1.165, 1.54) is 38.4 Å². The van der Waals surface area contributed by atoms with E-state index in [0.717, 1.165) is 32.4 Å². The van der Waals surface area contributed by atoms with Crippen molar-refractivity contribution in [2.45, 2.75) is 70.4 Å². The van der Waals surface area contributed by atoms with E-state index >= 15 is 0 Å². The van der Waals surface area contributed by atoms with Gasteiger partial charge in [-0.05, 0) is 45.6 Å². The number of rotatable bonds is 5. The second-order valence-electron chi connectivity index (χ2n) is 6.39. The van der Waals surface area contributed by atoms with Crippen molar-refractivity contribution in [2.75, 3.05) is 13.1 Å². The van der Waals surface area contributed by atoms with Crippen LogP contribution < -0.4 is 0 Å². The van der Waals surface area contributed by atoms with Gasteiger partial charge in [0.2, 0.25) is 0 Å². The molecule has 2 atom stereocenters. The molecule has 2 aliphatic rings. The summed E-state index contributed by atoms with van der Waals surface area (Å²) in [6.07, 6.45) is 10.1. The standard InChI is InChI=1S/C15H27NO2/c1-13(18)10-14-6-5-9-16(14)11-15(12-17)7-3-2-4-8-15/h12-14,18H,2-11H2,1H3. The summed E-state index contributed by atoms with van der Waals surface area (Å²) >= 11 is 0. The number of likely N-dealkylation sites (tertiary alicyclic amines) is 1. The molecule has 1 aliphatic heterocycles. The van der Waals surface area contributed by atoms with Crippen LogP contribution in [0.25, 0.3) is 0 Å². The lowest BCUT2D eigenvalue weighted by Gasteiger charge is -2.38. The lowest BCUT2D eigenvalue weighted by Crippen LogP contribution is -2.43. The van der Waals surface area contributed by atoms with Crippen LogP contribution in [0.4, 0.5) is 0 Å². The first-order valence-electron chi connectivity index (χ1n) is 7.54. The molecule has 2 unspecified atom stereocenters. The van der Waals surface area contributed by atoms with Gasteiger partial charge in [-0.3, -0.25) is 4.90 Å². The summed E-state index contributed by atoms with van der Waals surface area (Å²) in [5.41, 5.74) is -0.0838. The van der Waals surface area contributed by atoms with E-state index < -0.39 is 0 Å². The summed E-state index contributed by atoms with van der Waals surface area (Å²) in [6.45, 7) is 3.90. The van der Waals surface area contributed by atoms with E-state index in [1.54, 1.807) is 0 Å². The van der Waals surface area contributed by atoms with Gasteiger partial charge < -0.3 is 9.90 Å². The first-order valence-corrected chi connectivity index (χ1v) is 7.54. The van der Waals surface area contributed by atoms with Crippen LogP contribution in [0.15, 0.2) is 0 Å². The Morgan fingerprint density at radius 2 is 2.06 bits per heavy atom. The van der Waals surface area contributed by atoms with Crippen molar-refractivity contribution in [1.29, 1.82) is 0 Å². The highest BCUT2D eigenvalue weighted by molar-refractivity contribution is 5.60. The van der Waals surface area contributed by atoms with Crippen molar-refractivity contribution in [3.63, 3.8) is 0 Å². The summed E-state index contributed by atoms with van der Waals surface area (Å²) in [6, 6.07) is 0.490. The van der Waals surface area contributed by atoms with Crippen LogP contribution in [0.3, 0.4) is 0 Å². The molecule has 1 saturated carbocycles. The smallest absolute Gasteiger partial charge is 0.127 e. The lowest BCUT2D eigenvalue weighted by atomic mass is 9.74. The summed E-state index contributed by atoms with van der Waals surface area (Å²) in [4.78, 5) is 14.0. The fourth-order valence-electron chi connectivity index (χ4n) is 3.74. The van der Waals surface area contributed by atoms with Gasteiger partial charge in [0.25, 0.3) is 0 Å². The summed E-state index contributed by atoms with van der Waals surface area (Å²) in [7, 11) is 0. The van der Waals surface area contributed by atoms with E-state index in [4.69, 9.17) is 0 Å². The SMILES string of the molecule is CC(O)CC1CCCN1CC1(C=O)CCCCC1. The Morgan fingerprint density at radius 3 is 2.67 bits per heavy atom. The Labute approximate surface area is 111 Å². The minimum absolute atomic E-state index is 0.0838. The zero-order chi connectivity index (χ0) is 13.0. The highest BCUT2D eigenvalue weighted by Gasteiger charge is 2.37. The minimum atomic E-state index is -0.228. The van der Waals surface area contributed by atoms with E-state index in [0.29, 0.717) is 6.04 Å². The summed E-state index contributed by atoms with van der Waals surface area (Å²) in [5.74, 6) is 0. The molecule has 1 aliphatic carbocycles. The second kappa shape index (κ2) is 6.16. The van der Waals surface area contributed by atoms with Gasteiger partial charge in [0.15, 0.2) is 0 Å². The van der Waals surface area contributed by atoms with Crippen molar-refractivity contribution >= 4 is 6.29 Å². The third kappa shape index (κ3) is 3.33. The molecule has 1 saturated heterocycles. The molecule has 0 amide bonds. The molecule has 3 heteroatoms. The molecule has 18 heavy (non-hydrogen) atoms. The number of aldehydes is 1. The van der Waals surface area contributed by atoms with Gasteiger partial charge in [0, 0.05) is 18.0 Å². The fourth-order valence-corrected chi connectivity index (χ4v) is 3.74. The van der Waals surface area contributed by atoms with Gasteiger partial charge >= 0.3 is 0 Å². The van der Waals surface area contributed by atoms with Crippen molar-refractivity contribution < 1.29 is 9.90 Å². The molecule has 2 rings (SSSR count). The third-order valence-electron chi connectivity index (χ3n) is 4.73. The normalized spacial score (nSPS) is 30.2. The van der Waals surface area contributed by atoms with Crippen molar-refractivity contribution in [3.8, 4) is 0 Å². The highest BCUT2D eigenvalue weighted by atomic mass is 16.3. The van der Waals surface area contributed by atoms with Crippen LogP contribution in [-0.2, 0) is 4.79 Å². The Kier molecular flexibility index (Phi) is 4.79. The van der Waals surface area contributed by atoms with Crippen LogP contribution in [-0.4, -0.2) is 41.5 Å². The third-order valence-corrected chi connectivity index (χ3v) is 4.73. The van der Waals surface area contributed by atoms with E-state index in [-0.39, 0.29) is 11.5 Å². The Morgan fingerprint density at radius 1 is 1.33 bits per heavy atom. The molecular formula is C15H27NO2. The molecule has 1 N–H and O–H groups in total. The Bertz CT molecular complexity index is 272. The Hall–Kier alpha value is -0.410. The first kappa shape index (κ1) is 14.0. The number of carbonyl (C=O) groups excluding carboxylic acids is 1.